The normalized spacial score (nSPS) is 13.2. The quantitative estimate of drug-likeness (QED) is 0.686. The number of hydrogen-bond donors (Lipinski definition) is 0. The zero-order chi connectivity index (χ0) is 10.1. The van der Waals surface area contributed by atoms with Crippen molar-refractivity contribution in [1.82, 2.24) is 0 Å². The van der Waals surface area contributed by atoms with Gasteiger partial charge in [-0.2, -0.15) is 5.26 Å². The highest BCUT2D eigenvalue weighted by molar-refractivity contribution is 5.45. The van der Waals surface area contributed by atoms with Crippen LogP contribution in [0.2, 0.25) is 0 Å². The van der Waals surface area contributed by atoms with Crippen molar-refractivity contribution in [2.24, 2.45) is 0 Å². The molecule has 1 aromatic carbocycles. The number of fused-ring (bicyclic) bond motifs is 1. The third-order valence-corrected chi connectivity index (χ3v) is 2.25. The molecule has 0 bridgehead atoms. The molecule has 0 N–H and O–H groups in total. The highest BCUT2D eigenvalue weighted by atomic mass is 19.1. The molecule has 1 aliphatic rings. The van der Waals surface area contributed by atoms with Crippen molar-refractivity contribution < 1.29 is 13.5 Å². The number of nitriles is 1. The van der Waals surface area contributed by atoms with Crippen LogP contribution in [0.5, 0.6) is 5.75 Å². The van der Waals surface area contributed by atoms with Gasteiger partial charge in [-0.15, -0.1) is 0 Å². The molecule has 0 unspecified atom stereocenters. The molecule has 0 saturated heterocycles. The fourth-order valence-corrected chi connectivity index (χ4v) is 1.64. The van der Waals surface area contributed by atoms with E-state index in [-0.39, 0.29) is 17.7 Å². The van der Waals surface area contributed by atoms with Crippen LogP contribution < -0.4 is 4.74 Å². The summed E-state index contributed by atoms with van der Waals surface area (Å²) in [4.78, 5) is 0. The zero-order valence-electron chi connectivity index (χ0n) is 7.31. The van der Waals surface area contributed by atoms with Crippen molar-refractivity contribution in [3.05, 3.63) is 28.8 Å². The molecule has 0 spiro atoms. The van der Waals surface area contributed by atoms with Gasteiger partial charge in [0.15, 0.2) is 11.6 Å². The van der Waals surface area contributed by atoms with Gasteiger partial charge in [0.2, 0.25) is 0 Å². The van der Waals surface area contributed by atoms with Gasteiger partial charge in [0.05, 0.1) is 19.1 Å². The van der Waals surface area contributed by atoms with Gasteiger partial charge in [0, 0.05) is 23.6 Å². The summed E-state index contributed by atoms with van der Waals surface area (Å²) in [7, 11) is 0. The van der Waals surface area contributed by atoms with Gasteiger partial charge in [-0.3, -0.25) is 0 Å². The van der Waals surface area contributed by atoms with Crippen molar-refractivity contribution in [3.63, 3.8) is 0 Å². The fraction of sp³-hybridized carbons (Fsp3) is 0.300. The Hall–Kier alpha value is -1.63. The minimum atomic E-state index is -0.684. The van der Waals surface area contributed by atoms with Crippen LogP contribution in [-0.4, -0.2) is 6.61 Å². The summed E-state index contributed by atoms with van der Waals surface area (Å²) < 4.78 is 31.4. The van der Waals surface area contributed by atoms with Crippen LogP contribution in [0.3, 0.4) is 0 Å². The van der Waals surface area contributed by atoms with Crippen LogP contribution >= 0.6 is 0 Å². The van der Waals surface area contributed by atoms with Crippen LogP contribution in [-0.2, 0) is 12.8 Å². The summed E-state index contributed by atoms with van der Waals surface area (Å²) in [6, 6.07) is 2.63. The smallest absolute Gasteiger partial charge is 0.168 e. The molecule has 1 aromatic rings. The Morgan fingerprint density at radius 1 is 1.43 bits per heavy atom. The van der Waals surface area contributed by atoms with E-state index in [1.165, 1.54) is 0 Å². The molecule has 0 radical (unpaired) electrons. The average molecular weight is 195 g/mol. The van der Waals surface area contributed by atoms with Gasteiger partial charge in [-0.05, 0) is 0 Å². The molecule has 0 aliphatic carbocycles. The SMILES string of the molecule is N#CCc1c(F)cc(F)c2c1CCO2. The summed E-state index contributed by atoms with van der Waals surface area (Å²) in [5.41, 5.74) is 0.769. The van der Waals surface area contributed by atoms with Crippen LogP contribution in [0.25, 0.3) is 0 Å². The van der Waals surface area contributed by atoms with Crippen molar-refractivity contribution in [1.29, 1.82) is 5.26 Å². The number of rotatable bonds is 1. The molecule has 0 atom stereocenters. The molecule has 0 fully saturated rings. The summed E-state index contributed by atoms with van der Waals surface area (Å²) in [5, 5.41) is 8.49. The first-order valence-electron chi connectivity index (χ1n) is 4.23. The lowest BCUT2D eigenvalue weighted by molar-refractivity contribution is 0.338. The largest absolute Gasteiger partial charge is 0.490 e. The van der Waals surface area contributed by atoms with Crippen LogP contribution in [0.15, 0.2) is 6.07 Å². The van der Waals surface area contributed by atoms with Gasteiger partial charge in [0.1, 0.15) is 5.82 Å². The number of halogens is 2. The molecule has 2 rings (SSSR count). The summed E-state index contributed by atoms with van der Waals surface area (Å²) in [6.45, 7) is 0.355. The maximum Gasteiger partial charge on any atom is 0.168 e. The van der Waals surface area contributed by atoms with E-state index in [1.807, 2.05) is 6.07 Å². The Bertz CT molecular complexity index is 423. The lowest BCUT2D eigenvalue weighted by Gasteiger charge is -2.05. The van der Waals surface area contributed by atoms with Gasteiger partial charge < -0.3 is 4.74 Å². The molecule has 0 saturated carbocycles. The van der Waals surface area contributed by atoms with E-state index in [9.17, 15) is 8.78 Å². The Balaban J connectivity index is 2.61. The molecule has 1 aliphatic heterocycles. The molecule has 2 nitrogen and oxygen atoms in total. The second-order valence-electron chi connectivity index (χ2n) is 3.06. The first-order chi connectivity index (χ1) is 6.74. The first kappa shape index (κ1) is 8.95. The van der Waals surface area contributed by atoms with Gasteiger partial charge in [-0.1, -0.05) is 0 Å². The fourth-order valence-electron chi connectivity index (χ4n) is 1.64. The third kappa shape index (κ3) is 1.22. The van der Waals surface area contributed by atoms with Gasteiger partial charge >= 0.3 is 0 Å². The molecule has 0 amide bonds. The lowest BCUT2D eigenvalue weighted by atomic mass is 10.0. The Morgan fingerprint density at radius 3 is 2.93 bits per heavy atom. The Labute approximate surface area is 79.7 Å². The van der Waals surface area contributed by atoms with Crippen LogP contribution in [0, 0.1) is 23.0 Å². The number of benzene rings is 1. The predicted octanol–water partition coefficient (Wildman–Crippen LogP) is 1.97. The standard InChI is InChI=1S/C10H7F2NO/c11-8-5-9(12)10-7(2-4-14-10)6(8)1-3-13/h5H,1-2,4H2. The van der Waals surface area contributed by atoms with Crippen molar-refractivity contribution in [2.75, 3.05) is 6.61 Å². The molecule has 0 aromatic heterocycles. The van der Waals surface area contributed by atoms with Gasteiger partial charge in [-0.25, -0.2) is 8.78 Å². The van der Waals surface area contributed by atoms with Crippen molar-refractivity contribution >= 4 is 0 Å². The predicted molar refractivity (Wildman–Crippen MR) is 44.9 cm³/mol. The van der Waals surface area contributed by atoms with E-state index in [1.54, 1.807) is 0 Å². The van der Waals surface area contributed by atoms with Crippen LogP contribution in [0.4, 0.5) is 8.78 Å². The third-order valence-electron chi connectivity index (χ3n) is 2.25. The van der Waals surface area contributed by atoms with Crippen LogP contribution in [0.1, 0.15) is 11.1 Å². The average Bonchev–Trinajstić information content (AvgIpc) is 2.60. The summed E-state index contributed by atoms with van der Waals surface area (Å²) in [5.74, 6) is -1.23. The molecule has 72 valence electrons. The zero-order valence-corrected chi connectivity index (χ0v) is 7.31. The minimum Gasteiger partial charge on any atom is -0.490 e. The summed E-state index contributed by atoms with van der Waals surface area (Å²) in [6.07, 6.45) is 0.429. The van der Waals surface area contributed by atoms with E-state index in [0.717, 1.165) is 6.07 Å². The molecule has 1 heterocycles. The molecular formula is C10H7F2NO. The second-order valence-corrected chi connectivity index (χ2v) is 3.06. The topological polar surface area (TPSA) is 33.0 Å². The monoisotopic (exact) mass is 195 g/mol. The van der Waals surface area contributed by atoms with Crippen molar-refractivity contribution in [2.45, 2.75) is 12.8 Å². The van der Waals surface area contributed by atoms with E-state index in [4.69, 9.17) is 10.00 Å². The molecule has 4 heteroatoms. The van der Waals surface area contributed by atoms with E-state index in [2.05, 4.69) is 0 Å². The molecular weight excluding hydrogens is 188 g/mol. The minimum absolute atomic E-state index is 0.0438. The summed E-state index contributed by atoms with van der Waals surface area (Å²) >= 11 is 0. The maximum atomic E-state index is 13.2. The first-order valence-corrected chi connectivity index (χ1v) is 4.23. The number of nitrogens with zero attached hydrogens (tertiary/aromatic N) is 1. The number of hydrogen-bond acceptors (Lipinski definition) is 2. The lowest BCUT2D eigenvalue weighted by Crippen LogP contribution is -1.97. The van der Waals surface area contributed by atoms with E-state index >= 15 is 0 Å². The number of ether oxygens (including phenoxy) is 1. The van der Waals surface area contributed by atoms with E-state index < -0.39 is 11.6 Å². The second kappa shape index (κ2) is 3.26. The molecule has 14 heavy (non-hydrogen) atoms. The van der Waals surface area contributed by atoms with Crippen molar-refractivity contribution in [3.8, 4) is 11.8 Å². The van der Waals surface area contributed by atoms with Gasteiger partial charge in [0.25, 0.3) is 0 Å². The highest BCUT2D eigenvalue weighted by Gasteiger charge is 2.23. The Kier molecular flexibility index (Phi) is 2.08. The maximum absolute atomic E-state index is 13.2. The van der Waals surface area contributed by atoms with E-state index in [0.29, 0.717) is 18.6 Å². The highest BCUT2D eigenvalue weighted by Crippen LogP contribution is 2.33. The Morgan fingerprint density at radius 2 is 2.21 bits per heavy atom.